The molecule has 1 saturated heterocycles. The minimum absolute atomic E-state index is 0.000460. The van der Waals surface area contributed by atoms with E-state index in [1.807, 2.05) is 11.8 Å². The highest BCUT2D eigenvalue weighted by Gasteiger charge is 2.26. The van der Waals surface area contributed by atoms with Crippen molar-refractivity contribution in [3.8, 4) is 0 Å². The maximum atomic E-state index is 12.5. The molecule has 3 rings (SSSR count). The third-order valence-corrected chi connectivity index (χ3v) is 5.57. The summed E-state index contributed by atoms with van der Waals surface area (Å²) in [7, 11) is 3.48. The zero-order valence-corrected chi connectivity index (χ0v) is 15.7. The maximum absolute atomic E-state index is 12.5. The highest BCUT2D eigenvalue weighted by molar-refractivity contribution is 7.13. The van der Waals surface area contributed by atoms with Gasteiger partial charge in [0.1, 0.15) is 11.5 Å². The molecule has 0 aromatic carbocycles. The van der Waals surface area contributed by atoms with E-state index in [2.05, 4.69) is 15.4 Å². The lowest BCUT2D eigenvalue weighted by Crippen LogP contribution is -2.39. The molecule has 0 saturated carbocycles. The second kappa shape index (κ2) is 7.38. The van der Waals surface area contributed by atoms with Crippen LogP contribution in [-0.2, 0) is 20.0 Å². The van der Waals surface area contributed by atoms with E-state index in [1.165, 1.54) is 16.0 Å². The largest absolute Gasteiger partial charge is 0.365 e. The van der Waals surface area contributed by atoms with Crippen molar-refractivity contribution in [2.75, 3.05) is 25.5 Å². The second-order valence-corrected chi connectivity index (χ2v) is 7.15. The number of rotatable bonds is 5. The fourth-order valence-corrected chi connectivity index (χ4v) is 3.92. The van der Waals surface area contributed by atoms with E-state index in [0.717, 1.165) is 43.3 Å². The lowest BCUT2D eigenvalue weighted by Gasteiger charge is -2.31. The number of nitrogens with one attached hydrogen (secondary N) is 1. The van der Waals surface area contributed by atoms with E-state index in [1.54, 1.807) is 24.0 Å². The predicted octanol–water partition coefficient (Wildman–Crippen LogP) is 1.19. The molecule has 0 bridgehead atoms. The first-order valence-corrected chi connectivity index (χ1v) is 9.46. The molecule has 0 spiro atoms. The molecular weight excluding hydrogens is 340 g/mol. The van der Waals surface area contributed by atoms with Gasteiger partial charge in [0, 0.05) is 45.5 Å². The lowest BCUT2D eigenvalue weighted by atomic mass is 9.93. The minimum Gasteiger partial charge on any atom is -0.365 e. The first-order chi connectivity index (χ1) is 12.0. The van der Waals surface area contributed by atoms with Crippen LogP contribution in [0.2, 0.25) is 0 Å². The van der Waals surface area contributed by atoms with E-state index in [9.17, 15) is 9.59 Å². The number of piperidine rings is 1. The summed E-state index contributed by atoms with van der Waals surface area (Å²) in [6.07, 6.45) is 2.62. The molecule has 2 aromatic rings. The van der Waals surface area contributed by atoms with Gasteiger partial charge in [-0.05, 0) is 25.7 Å². The van der Waals surface area contributed by atoms with Gasteiger partial charge in [-0.15, -0.1) is 11.3 Å². The molecule has 1 N–H and O–H groups in total. The van der Waals surface area contributed by atoms with Crippen LogP contribution in [0.3, 0.4) is 0 Å². The summed E-state index contributed by atoms with van der Waals surface area (Å²) in [5.41, 5.74) is 0.450. The molecule has 0 radical (unpaired) electrons. The van der Waals surface area contributed by atoms with Crippen molar-refractivity contribution in [3.63, 3.8) is 0 Å². The molecule has 3 heterocycles. The topological polar surface area (TPSA) is 85.1 Å². The Kier molecular flexibility index (Phi) is 5.22. The average molecular weight is 364 g/mol. The highest BCUT2D eigenvalue weighted by atomic mass is 32.1. The Morgan fingerprint density at radius 1 is 1.40 bits per heavy atom. The van der Waals surface area contributed by atoms with Crippen molar-refractivity contribution < 1.29 is 4.79 Å². The molecular formula is C16H24N6O2S. The molecule has 8 nitrogen and oxygen atoms in total. The number of carbonyl (C=O) groups is 1. The number of thiazole rings is 1. The Morgan fingerprint density at radius 3 is 2.72 bits per heavy atom. The van der Waals surface area contributed by atoms with Gasteiger partial charge in [0.05, 0.1) is 0 Å². The van der Waals surface area contributed by atoms with Gasteiger partial charge in [0.25, 0.3) is 5.91 Å². The Labute approximate surface area is 150 Å². The summed E-state index contributed by atoms with van der Waals surface area (Å²) in [5.74, 6) is 1.29. The quantitative estimate of drug-likeness (QED) is 0.862. The Bertz CT molecular complexity index is 800. The minimum atomic E-state index is -0.0611. The number of amides is 1. The van der Waals surface area contributed by atoms with Gasteiger partial charge in [-0.3, -0.25) is 9.36 Å². The van der Waals surface area contributed by atoms with Crippen LogP contribution in [0.15, 0.2) is 10.2 Å². The maximum Gasteiger partial charge on any atom is 0.345 e. The first kappa shape index (κ1) is 17.7. The van der Waals surface area contributed by atoms with Crippen LogP contribution in [0.4, 0.5) is 5.13 Å². The van der Waals surface area contributed by atoms with Crippen LogP contribution >= 0.6 is 11.3 Å². The predicted molar refractivity (Wildman–Crippen MR) is 97.1 cm³/mol. The molecule has 1 aliphatic heterocycles. The van der Waals surface area contributed by atoms with Crippen LogP contribution in [0.5, 0.6) is 0 Å². The summed E-state index contributed by atoms with van der Waals surface area (Å²) in [4.78, 5) is 30.7. The Balaban J connectivity index is 1.59. The number of hydrogen-bond acceptors (Lipinski definition) is 6. The van der Waals surface area contributed by atoms with E-state index in [4.69, 9.17) is 0 Å². The number of nitrogens with zero attached hydrogens (tertiary/aromatic N) is 5. The van der Waals surface area contributed by atoms with Gasteiger partial charge in [0.15, 0.2) is 5.13 Å². The van der Waals surface area contributed by atoms with Crippen molar-refractivity contribution in [3.05, 3.63) is 27.4 Å². The summed E-state index contributed by atoms with van der Waals surface area (Å²) < 4.78 is 3.13. The number of likely N-dealkylation sites (tertiary alicyclic amines) is 1. The molecule has 1 amide bonds. The summed E-state index contributed by atoms with van der Waals surface area (Å²) in [6.45, 7) is 4.04. The van der Waals surface area contributed by atoms with Gasteiger partial charge in [-0.2, -0.15) is 5.10 Å². The molecule has 0 aliphatic carbocycles. The van der Waals surface area contributed by atoms with Crippen molar-refractivity contribution in [2.45, 2.75) is 32.7 Å². The Hall–Kier alpha value is -2.16. The first-order valence-electron chi connectivity index (χ1n) is 8.58. The van der Waals surface area contributed by atoms with Crippen LogP contribution in [0, 0.1) is 5.92 Å². The monoisotopic (exact) mass is 364 g/mol. The number of aromatic nitrogens is 4. The lowest BCUT2D eigenvalue weighted by molar-refractivity contribution is 0.0684. The van der Waals surface area contributed by atoms with Gasteiger partial charge in [-0.1, -0.05) is 0 Å². The number of hydrogen-bond donors (Lipinski definition) is 1. The Morgan fingerprint density at radius 2 is 2.12 bits per heavy atom. The van der Waals surface area contributed by atoms with E-state index in [-0.39, 0.29) is 11.6 Å². The van der Waals surface area contributed by atoms with Crippen molar-refractivity contribution >= 4 is 22.4 Å². The van der Waals surface area contributed by atoms with Crippen molar-refractivity contribution in [1.29, 1.82) is 0 Å². The van der Waals surface area contributed by atoms with Gasteiger partial charge >= 0.3 is 5.69 Å². The van der Waals surface area contributed by atoms with Crippen LogP contribution in [0.1, 0.15) is 36.1 Å². The second-order valence-electron chi connectivity index (χ2n) is 6.29. The summed E-state index contributed by atoms with van der Waals surface area (Å²) in [6, 6.07) is 0. The third-order valence-electron chi connectivity index (χ3n) is 4.71. The number of carbonyl (C=O) groups excluding carboxylic acids is 1. The summed E-state index contributed by atoms with van der Waals surface area (Å²) in [5, 5.41) is 9.87. The van der Waals surface area contributed by atoms with Crippen molar-refractivity contribution in [1.82, 2.24) is 24.2 Å². The standard InChI is InChI=1S/C16H24N6O2S/c1-4-22-13(19-20(3)16(22)24)9-11-5-7-21(8-6-11)14(23)12-10-25-15(17-2)18-12/h10-11H,4-9H2,1-3H3,(H,17,18). The normalized spacial score (nSPS) is 15.6. The van der Waals surface area contributed by atoms with Gasteiger partial charge < -0.3 is 10.2 Å². The molecule has 0 unspecified atom stereocenters. The zero-order chi connectivity index (χ0) is 18.0. The fourth-order valence-electron chi connectivity index (χ4n) is 3.27. The molecule has 1 fully saturated rings. The molecule has 136 valence electrons. The van der Waals surface area contributed by atoms with Crippen LogP contribution in [0.25, 0.3) is 0 Å². The van der Waals surface area contributed by atoms with E-state index >= 15 is 0 Å². The molecule has 2 aromatic heterocycles. The number of aryl methyl sites for hydroxylation is 1. The smallest absolute Gasteiger partial charge is 0.345 e. The average Bonchev–Trinajstić information content (AvgIpc) is 3.20. The zero-order valence-electron chi connectivity index (χ0n) is 14.9. The number of anilines is 1. The van der Waals surface area contributed by atoms with Gasteiger partial charge in [-0.25, -0.2) is 14.5 Å². The SMILES string of the molecule is CCn1c(CC2CCN(C(=O)c3csc(NC)n3)CC2)nn(C)c1=O. The molecule has 0 atom stereocenters. The summed E-state index contributed by atoms with van der Waals surface area (Å²) >= 11 is 1.44. The van der Waals surface area contributed by atoms with E-state index < -0.39 is 0 Å². The highest BCUT2D eigenvalue weighted by Crippen LogP contribution is 2.23. The fraction of sp³-hybridized carbons (Fsp3) is 0.625. The van der Waals surface area contributed by atoms with Gasteiger partial charge in [0.2, 0.25) is 0 Å². The third kappa shape index (κ3) is 3.60. The van der Waals surface area contributed by atoms with Crippen molar-refractivity contribution in [2.24, 2.45) is 13.0 Å². The molecule has 25 heavy (non-hydrogen) atoms. The van der Waals surface area contributed by atoms with E-state index in [0.29, 0.717) is 18.2 Å². The van der Waals surface area contributed by atoms with Crippen LogP contribution in [-0.4, -0.2) is 50.3 Å². The van der Waals surface area contributed by atoms with Crippen LogP contribution < -0.4 is 11.0 Å². The molecule has 1 aliphatic rings. The molecule has 9 heteroatoms.